The number of hydrogen-bond acceptors (Lipinski definition) is 3. The molecule has 1 aromatic heterocycles. The summed E-state index contributed by atoms with van der Waals surface area (Å²) in [5.41, 5.74) is 4.20. The summed E-state index contributed by atoms with van der Waals surface area (Å²) in [4.78, 5) is 2.51. The lowest BCUT2D eigenvalue weighted by Crippen LogP contribution is -2.26. The van der Waals surface area contributed by atoms with E-state index in [1.165, 1.54) is 36.3 Å². The molecule has 0 atom stereocenters. The summed E-state index contributed by atoms with van der Waals surface area (Å²) < 4.78 is 2.05. The van der Waals surface area contributed by atoms with Gasteiger partial charge in [-0.2, -0.15) is 5.10 Å². The van der Waals surface area contributed by atoms with Crippen molar-refractivity contribution in [3.05, 3.63) is 47.8 Å². The lowest BCUT2D eigenvalue weighted by molar-refractivity contribution is 0.571. The third kappa shape index (κ3) is 3.27. The first kappa shape index (κ1) is 14.1. The molecule has 2 aromatic rings. The summed E-state index contributed by atoms with van der Waals surface area (Å²) in [6, 6.07) is 10.9. The summed E-state index contributed by atoms with van der Waals surface area (Å²) in [5.74, 6) is 0. The lowest BCUT2D eigenvalue weighted by atomic mass is 10.2. The molecule has 1 N–H and O–H groups in total. The molecule has 2 heterocycles. The van der Waals surface area contributed by atoms with Gasteiger partial charge >= 0.3 is 0 Å². The Kier molecular flexibility index (Phi) is 4.55. The van der Waals surface area contributed by atoms with Crippen molar-refractivity contribution in [2.75, 3.05) is 24.5 Å². The number of nitrogens with zero attached hydrogens (tertiary/aromatic N) is 3. The van der Waals surface area contributed by atoms with Crippen LogP contribution in [0.2, 0.25) is 0 Å². The van der Waals surface area contributed by atoms with Crippen LogP contribution < -0.4 is 10.2 Å². The SMILES string of the molecule is CCn1nccc1CNCCCN1CCc2ccccc21. The van der Waals surface area contributed by atoms with E-state index in [1.54, 1.807) is 0 Å². The quantitative estimate of drug-likeness (QED) is 0.793. The fourth-order valence-electron chi connectivity index (χ4n) is 3.05. The molecular weight excluding hydrogens is 260 g/mol. The summed E-state index contributed by atoms with van der Waals surface area (Å²) in [6.07, 6.45) is 4.25. The molecule has 112 valence electrons. The summed E-state index contributed by atoms with van der Waals surface area (Å²) in [6.45, 7) is 7.33. The molecule has 1 aliphatic rings. The van der Waals surface area contributed by atoms with Gasteiger partial charge < -0.3 is 10.2 Å². The minimum Gasteiger partial charge on any atom is -0.371 e. The van der Waals surface area contributed by atoms with Gasteiger partial charge in [0.25, 0.3) is 0 Å². The van der Waals surface area contributed by atoms with E-state index in [9.17, 15) is 0 Å². The van der Waals surface area contributed by atoms with Crippen molar-refractivity contribution in [1.29, 1.82) is 0 Å². The minimum absolute atomic E-state index is 0.907. The fraction of sp³-hybridized carbons (Fsp3) is 0.471. The molecule has 0 fully saturated rings. The van der Waals surface area contributed by atoms with Crippen LogP contribution in [0.5, 0.6) is 0 Å². The highest BCUT2D eigenvalue weighted by Crippen LogP contribution is 2.27. The van der Waals surface area contributed by atoms with E-state index in [2.05, 4.69) is 52.6 Å². The number of anilines is 1. The number of fused-ring (bicyclic) bond motifs is 1. The Morgan fingerprint density at radius 1 is 1.24 bits per heavy atom. The number of aromatic nitrogens is 2. The van der Waals surface area contributed by atoms with Crippen molar-refractivity contribution in [3.8, 4) is 0 Å². The van der Waals surface area contributed by atoms with Crippen LogP contribution in [-0.4, -0.2) is 29.4 Å². The highest BCUT2D eigenvalue weighted by molar-refractivity contribution is 5.57. The lowest BCUT2D eigenvalue weighted by Gasteiger charge is -2.19. The van der Waals surface area contributed by atoms with Crippen molar-refractivity contribution in [3.63, 3.8) is 0 Å². The summed E-state index contributed by atoms with van der Waals surface area (Å²) >= 11 is 0. The predicted octanol–water partition coefficient (Wildman–Crippen LogP) is 2.45. The van der Waals surface area contributed by atoms with Gasteiger partial charge in [0.05, 0.1) is 5.69 Å². The molecule has 4 heteroatoms. The second-order valence-corrected chi connectivity index (χ2v) is 5.53. The monoisotopic (exact) mass is 284 g/mol. The minimum atomic E-state index is 0.907. The first-order valence-corrected chi connectivity index (χ1v) is 7.92. The molecule has 0 aliphatic carbocycles. The molecule has 3 rings (SSSR count). The van der Waals surface area contributed by atoms with Gasteiger partial charge in [-0.3, -0.25) is 4.68 Å². The van der Waals surface area contributed by atoms with Crippen LogP contribution in [0.3, 0.4) is 0 Å². The maximum absolute atomic E-state index is 4.29. The van der Waals surface area contributed by atoms with Crippen molar-refractivity contribution in [2.45, 2.75) is 32.9 Å². The number of nitrogens with one attached hydrogen (secondary N) is 1. The largest absolute Gasteiger partial charge is 0.371 e. The number of aryl methyl sites for hydroxylation is 1. The second-order valence-electron chi connectivity index (χ2n) is 5.53. The van der Waals surface area contributed by atoms with Crippen molar-refractivity contribution < 1.29 is 0 Å². The predicted molar refractivity (Wildman–Crippen MR) is 86.6 cm³/mol. The zero-order chi connectivity index (χ0) is 14.5. The number of rotatable bonds is 7. The zero-order valence-electron chi connectivity index (χ0n) is 12.8. The van der Waals surface area contributed by atoms with Gasteiger partial charge in [0.15, 0.2) is 0 Å². The second kappa shape index (κ2) is 6.76. The molecule has 0 unspecified atom stereocenters. The van der Waals surface area contributed by atoms with Crippen LogP contribution in [0, 0.1) is 0 Å². The average Bonchev–Trinajstić information content (AvgIpc) is 3.13. The van der Waals surface area contributed by atoms with Crippen LogP contribution in [0.4, 0.5) is 5.69 Å². The molecule has 0 saturated heterocycles. The Morgan fingerprint density at radius 3 is 3.05 bits per heavy atom. The smallest absolute Gasteiger partial charge is 0.0521 e. The van der Waals surface area contributed by atoms with Gasteiger partial charge in [-0.15, -0.1) is 0 Å². The molecule has 1 aliphatic heterocycles. The van der Waals surface area contributed by atoms with Gasteiger partial charge in [-0.1, -0.05) is 18.2 Å². The number of hydrogen-bond donors (Lipinski definition) is 1. The van der Waals surface area contributed by atoms with E-state index in [1.807, 2.05) is 10.9 Å². The molecule has 0 radical (unpaired) electrons. The Labute approximate surface area is 126 Å². The first-order valence-electron chi connectivity index (χ1n) is 7.92. The topological polar surface area (TPSA) is 33.1 Å². The van der Waals surface area contributed by atoms with Crippen LogP contribution in [0.1, 0.15) is 24.6 Å². The van der Waals surface area contributed by atoms with Crippen molar-refractivity contribution in [1.82, 2.24) is 15.1 Å². The maximum atomic E-state index is 4.29. The van der Waals surface area contributed by atoms with Gasteiger partial charge in [-0.05, 0) is 44.0 Å². The zero-order valence-corrected chi connectivity index (χ0v) is 12.8. The van der Waals surface area contributed by atoms with Crippen LogP contribution in [0.15, 0.2) is 36.5 Å². The molecule has 0 bridgehead atoms. The molecule has 1 aromatic carbocycles. The summed E-state index contributed by atoms with van der Waals surface area (Å²) in [5, 5.41) is 7.81. The molecule has 0 saturated carbocycles. The third-order valence-electron chi connectivity index (χ3n) is 4.18. The Hall–Kier alpha value is -1.81. The standard InChI is InChI=1S/C17H24N4/c1-2-21-16(8-11-19-21)14-18-10-5-12-20-13-9-15-6-3-4-7-17(15)20/h3-4,6-8,11,18H,2,5,9-10,12-14H2,1H3. The van der Waals surface area contributed by atoms with E-state index in [-0.39, 0.29) is 0 Å². The van der Waals surface area contributed by atoms with E-state index >= 15 is 0 Å². The number of para-hydroxylation sites is 1. The van der Waals surface area contributed by atoms with E-state index < -0.39 is 0 Å². The maximum Gasteiger partial charge on any atom is 0.0521 e. The van der Waals surface area contributed by atoms with Crippen LogP contribution >= 0.6 is 0 Å². The van der Waals surface area contributed by atoms with E-state index in [0.29, 0.717) is 0 Å². The van der Waals surface area contributed by atoms with Crippen molar-refractivity contribution >= 4 is 5.69 Å². The molecule has 4 nitrogen and oxygen atoms in total. The molecular formula is C17H24N4. The highest BCUT2D eigenvalue weighted by atomic mass is 15.3. The Morgan fingerprint density at radius 2 is 2.14 bits per heavy atom. The third-order valence-corrected chi connectivity index (χ3v) is 4.18. The average molecular weight is 284 g/mol. The normalized spacial score (nSPS) is 13.7. The number of benzene rings is 1. The molecule has 0 spiro atoms. The molecule has 21 heavy (non-hydrogen) atoms. The van der Waals surface area contributed by atoms with E-state index in [0.717, 1.165) is 26.2 Å². The van der Waals surface area contributed by atoms with Crippen molar-refractivity contribution in [2.24, 2.45) is 0 Å². The fourth-order valence-corrected chi connectivity index (χ4v) is 3.05. The first-order chi connectivity index (χ1) is 10.4. The summed E-state index contributed by atoms with van der Waals surface area (Å²) in [7, 11) is 0. The van der Waals surface area contributed by atoms with Gasteiger partial charge in [0, 0.05) is 38.1 Å². The van der Waals surface area contributed by atoms with Gasteiger partial charge in [-0.25, -0.2) is 0 Å². The van der Waals surface area contributed by atoms with Gasteiger partial charge in [0.2, 0.25) is 0 Å². The van der Waals surface area contributed by atoms with E-state index in [4.69, 9.17) is 0 Å². The van der Waals surface area contributed by atoms with Crippen LogP contribution in [0.25, 0.3) is 0 Å². The van der Waals surface area contributed by atoms with Gasteiger partial charge in [0.1, 0.15) is 0 Å². The Balaban J connectivity index is 1.40. The van der Waals surface area contributed by atoms with Crippen LogP contribution in [-0.2, 0) is 19.5 Å². The Bertz CT molecular complexity index is 576. The highest BCUT2D eigenvalue weighted by Gasteiger charge is 2.17. The molecule has 0 amide bonds.